The van der Waals surface area contributed by atoms with Crippen LogP contribution in [0.3, 0.4) is 0 Å². The first-order valence-electron chi connectivity index (χ1n) is 9.97. The second kappa shape index (κ2) is 8.93. The van der Waals surface area contributed by atoms with Gasteiger partial charge in [0.15, 0.2) is 0 Å². The molecule has 0 bridgehead atoms. The van der Waals surface area contributed by atoms with Crippen LogP contribution in [0.25, 0.3) is 0 Å². The minimum absolute atomic E-state index is 0.237. The molecule has 1 heterocycles. The number of amides is 1. The summed E-state index contributed by atoms with van der Waals surface area (Å²) in [5.41, 5.74) is 2.46. The third-order valence-corrected chi connectivity index (χ3v) is 5.36. The molecular weight excluding hydrogens is 378 g/mol. The first-order chi connectivity index (χ1) is 14.6. The zero-order chi connectivity index (χ0) is 20.9. The summed E-state index contributed by atoms with van der Waals surface area (Å²) < 4.78 is 6.42. The van der Waals surface area contributed by atoms with Crippen molar-refractivity contribution in [2.24, 2.45) is 0 Å². The number of likely N-dealkylation sites (tertiary alicyclic amines) is 1. The number of aliphatic carboxylic acids is 1. The lowest BCUT2D eigenvalue weighted by atomic mass is 10.0. The highest BCUT2D eigenvalue weighted by molar-refractivity contribution is 5.97. The lowest BCUT2D eigenvalue weighted by Crippen LogP contribution is -2.40. The smallest absolute Gasteiger partial charge is 0.326 e. The maximum atomic E-state index is 12.9. The molecule has 1 aliphatic heterocycles. The van der Waals surface area contributed by atoms with Gasteiger partial charge in [-0.05, 0) is 23.3 Å². The molecule has 5 nitrogen and oxygen atoms in total. The Labute approximate surface area is 175 Å². The van der Waals surface area contributed by atoms with Gasteiger partial charge in [0, 0.05) is 18.5 Å². The van der Waals surface area contributed by atoms with Crippen LogP contribution < -0.4 is 0 Å². The van der Waals surface area contributed by atoms with Crippen LogP contribution in [0.1, 0.15) is 34.0 Å². The molecule has 0 aromatic heterocycles. The summed E-state index contributed by atoms with van der Waals surface area (Å²) in [6, 6.07) is 27.5. The molecule has 0 spiro atoms. The molecule has 1 amide bonds. The summed E-state index contributed by atoms with van der Waals surface area (Å²) in [6.45, 7) is 0.237. The number of carboxylic acids is 1. The van der Waals surface area contributed by atoms with Gasteiger partial charge in [0.25, 0.3) is 5.91 Å². The van der Waals surface area contributed by atoms with Crippen LogP contribution >= 0.6 is 0 Å². The van der Waals surface area contributed by atoms with Crippen molar-refractivity contribution in [3.8, 4) is 0 Å². The molecule has 0 aliphatic carbocycles. The van der Waals surface area contributed by atoms with Crippen molar-refractivity contribution in [3.63, 3.8) is 0 Å². The Kier molecular flexibility index (Phi) is 5.91. The van der Waals surface area contributed by atoms with E-state index in [9.17, 15) is 14.7 Å². The molecule has 1 saturated heterocycles. The highest BCUT2D eigenvalue weighted by Crippen LogP contribution is 2.32. The fourth-order valence-electron chi connectivity index (χ4n) is 3.90. The van der Waals surface area contributed by atoms with Gasteiger partial charge in [-0.3, -0.25) is 4.79 Å². The molecule has 30 heavy (non-hydrogen) atoms. The molecule has 4 rings (SSSR count). The highest BCUT2D eigenvalue weighted by Gasteiger charge is 2.41. The van der Waals surface area contributed by atoms with Crippen molar-refractivity contribution in [1.29, 1.82) is 0 Å². The average molecular weight is 401 g/mol. The van der Waals surface area contributed by atoms with Crippen molar-refractivity contribution in [1.82, 2.24) is 4.90 Å². The summed E-state index contributed by atoms with van der Waals surface area (Å²) in [5, 5.41) is 9.72. The van der Waals surface area contributed by atoms with E-state index in [-0.39, 0.29) is 31.1 Å². The molecule has 1 aliphatic rings. The molecule has 3 aromatic rings. The van der Waals surface area contributed by atoms with E-state index >= 15 is 0 Å². The number of benzene rings is 3. The second-order valence-corrected chi connectivity index (χ2v) is 7.37. The molecule has 5 heteroatoms. The number of hydrogen-bond acceptors (Lipinski definition) is 3. The second-order valence-electron chi connectivity index (χ2n) is 7.37. The number of carboxylic acid groups (broad SMARTS) is 1. The van der Waals surface area contributed by atoms with Crippen LogP contribution in [0.2, 0.25) is 0 Å². The molecular formula is C25H23NO4. The molecule has 0 radical (unpaired) electrons. The van der Waals surface area contributed by atoms with Crippen molar-refractivity contribution in [2.75, 3.05) is 6.54 Å². The number of carbonyl (C=O) groups excluding carboxylic acids is 1. The van der Waals surface area contributed by atoms with Gasteiger partial charge in [0.1, 0.15) is 12.1 Å². The monoisotopic (exact) mass is 401 g/mol. The standard InChI is InChI=1S/C25H23NO4/c27-24(20-14-8-3-9-15-20)26-17-21(16-22(26)25(28)29)30-23(18-10-4-1-5-11-18)19-12-6-2-7-13-19/h1-15,21-23H,16-17H2,(H,28,29)/t21-,22+/m1/s1. The van der Waals surface area contributed by atoms with E-state index in [0.717, 1.165) is 11.1 Å². The predicted molar refractivity (Wildman–Crippen MR) is 113 cm³/mol. The maximum Gasteiger partial charge on any atom is 0.326 e. The van der Waals surface area contributed by atoms with Gasteiger partial charge < -0.3 is 14.7 Å². The first kappa shape index (κ1) is 19.9. The van der Waals surface area contributed by atoms with E-state index in [1.54, 1.807) is 24.3 Å². The van der Waals surface area contributed by atoms with Crippen molar-refractivity contribution >= 4 is 11.9 Å². The quantitative estimate of drug-likeness (QED) is 0.674. The number of carbonyl (C=O) groups is 2. The Morgan fingerprint density at radius 3 is 1.83 bits per heavy atom. The Bertz CT molecular complexity index is 952. The van der Waals surface area contributed by atoms with Crippen LogP contribution in [-0.4, -0.2) is 40.6 Å². The van der Waals surface area contributed by atoms with E-state index in [2.05, 4.69) is 0 Å². The van der Waals surface area contributed by atoms with E-state index in [1.807, 2.05) is 66.7 Å². The van der Waals surface area contributed by atoms with Gasteiger partial charge in [0.05, 0.1) is 6.10 Å². The van der Waals surface area contributed by atoms with Crippen molar-refractivity contribution < 1.29 is 19.4 Å². The van der Waals surface area contributed by atoms with Crippen LogP contribution in [-0.2, 0) is 9.53 Å². The molecule has 1 N–H and O–H groups in total. The van der Waals surface area contributed by atoms with E-state index in [4.69, 9.17) is 4.74 Å². The SMILES string of the molecule is O=C(O)[C@@H]1C[C@@H](OC(c2ccccc2)c2ccccc2)CN1C(=O)c1ccccc1. The largest absolute Gasteiger partial charge is 0.480 e. The van der Waals surface area contributed by atoms with Gasteiger partial charge in [0.2, 0.25) is 0 Å². The lowest BCUT2D eigenvalue weighted by molar-refractivity contribution is -0.141. The normalized spacial score (nSPS) is 18.5. The highest BCUT2D eigenvalue weighted by atomic mass is 16.5. The van der Waals surface area contributed by atoms with E-state index < -0.39 is 12.0 Å². The minimum atomic E-state index is -1.01. The fourth-order valence-corrected chi connectivity index (χ4v) is 3.90. The van der Waals surface area contributed by atoms with Gasteiger partial charge in [-0.1, -0.05) is 78.9 Å². The van der Waals surface area contributed by atoms with Crippen LogP contribution in [0.5, 0.6) is 0 Å². The van der Waals surface area contributed by atoms with Crippen LogP contribution in [0.15, 0.2) is 91.0 Å². The number of hydrogen-bond donors (Lipinski definition) is 1. The fraction of sp³-hybridized carbons (Fsp3) is 0.200. The van der Waals surface area contributed by atoms with Gasteiger partial charge >= 0.3 is 5.97 Å². The van der Waals surface area contributed by atoms with Crippen molar-refractivity contribution in [3.05, 3.63) is 108 Å². The zero-order valence-electron chi connectivity index (χ0n) is 16.4. The summed E-state index contributed by atoms with van der Waals surface area (Å²) in [6.07, 6.45) is -0.466. The van der Waals surface area contributed by atoms with Gasteiger partial charge in [-0.25, -0.2) is 4.79 Å². The molecule has 0 saturated carbocycles. The summed E-state index contributed by atoms with van der Waals surface area (Å²) >= 11 is 0. The van der Waals surface area contributed by atoms with Gasteiger partial charge in [-0.15, -0.1) is 0 Å². The third kappa shape index (κ3) is 4.26. The Morgan fingerprint density at radius 2 is 1.33 bits per heavy atom. The zero-order valence-corrected chi connectivity index (χ0v) is 16.4. The topological polar surface area (TPSA) is 66.8 Å². The molecule has 0 unspecified atom stereocenters. The van der Waals surface area contributed by atoms with Gasteiger partial charge in [-0.2, -0.15) is 0 Å². The van der Waals surface area contributed by atoms with Crippen LogP contribution in [0.4, 0.5) is 0 Å². The number of rotatable bonds is 6. The molecule has 152 valence electrons. The maximum absolute atomic E-state index is 12.9. The Balaban J connectivity index is 1.58. The van der Waals surface area contributed by atoms with Crippen molar-refractivity contribution in [2.45, 2.75) is 24.7 Å². The summed E-state index contributed by atoms with van der Waals surface area (Å²) in [4.78, 5) is 26.2. The minimum Gasteiger partial charge on any atom is -0.480 e. The summed E-state index contributed by atoms with van der Waals surface area (Å²) in [7, 11) is 0. The molecule has 2 atom stereocenters. The van der Waals surface area contributed by atoms with E-state index in [1.165, 1.54) is 4.90 Å². The van der Waals surface area contributed by atoms with Crippen LogP contribution in [0, 0.1) is 0 Å². The Morgan fingerprint density at radius 1 is 0.833 bits per heavy atom. The molecule has 3 aromatic carbocycles. The number of ether oxygens (including phenoxy) is 1. The predicted octanol–water partition coefficient (Wildman–Crippen LogP) is 4.16. The van der Waals surface area contributed by atoms with E-state index in [0.29, 0.717) is 5.56 Å². The average Bonchev–Trinajstić information content (AvgIpc) is 3.23. The number of nitrogens with zero attached hydrogens (tertiary/aromatic N) is 1. The first-order valence-corrected chi connectivity index (χ1v) is 9.97. The lowest BCUT2D eigenvalue weighted by Gasteiger charge is -2.24. The Hall–Kier alpha value is -3.44. The summed E-state index contributed by atoms with van der Waals surface area (Å²) in [5.74, 6) is -1.30. The third-order valence-electron chi connectivity index (χ3n) is 5.36. The molecule has 1 fully saturated rings.